The minimum Gasteiger partial charge on any atom is -0.497 e. The lowest BCUT2D eigenvalue weighted by Crippen LogP contribution is -2.12. The van der Waals surface area contributed by atoms with Gasteiger partial charge in [-0.3, -0.25) is 4.79 Å². The van der Waals surface area contributed by atoms with Gasteiger partial charge in [-0.15, -0.1) is 0 Å². The van der Waals surface area contributed by atoms with Crippen molar-refractivity contribution in [3.63, 3.8) is 0 Å². The molecule has 1 amide bonds. The first-order valence-electron chi connectivity index (χ1n) is 6.06. The molecule has 2 aromatic rings. The van der Waals surface area contributed by atoms with Crippen molar-refractivity contribution in [3.05, 3.63) is 23.1 Å². The van der Waals surface area contributed by atoms with E-state index in [2.05, 4.69) is 15.6 Å². The second-order valence-corrected chi connectivity index (χ2v) is 5.04. The number of nitrogens with zero attached hydrogens (tertiary/aromatic N) is 1. The van der Waals surface area contributed by atoms with Crippen LogP contribution in [0.4, 0.5) is 16.6 Å². The normalized spacial score (nSPS) is 10.0. The molecule has 2 rings (SSSR count). The predicted molar refractivity (Wildman–Crippen MR) is 83.6 cm³/mol. The molecule has 0 bridgehead atoms. The van der Waals surface area contributed by atoms with E-state index in [0.29, 0.717) is 27.2 Å². The molecule has 0 radical (unpaired) electrons. The van der Waals surface area contributed by atoms with E-state index in [4.69, 9.17) is 15.2 Å². The maximum absolute atomic E-state index is 12.2. The van der Waals surface area contributed by atoms with Gasteiger partial charge in [0.1, 0.15) is 22.2 Å². The molecule has 0 atom stereocenters. The molecule has 1 heterocycles. The molecule has 0 fully saturated rings. The minimum atomic E-state index is -0.332. The Kier molecular flexibility index (Phi) is 4.49. The van der Waals surface area contributed by atoms with Crippen molar-refractivity contribution < 1.29 is 14.3 Å². The van der Waals surface area contributed by atoms with Crippen molar-refractivity contribution >= 4 is 33.9 Å². The Labute approximate surface area is 126 Å². The van der Waals surface area contributed by atoms with Crippen molar-refractivity contribution in [1.82, 2.24) is 4.98 Å². The summed E-state index contributed by atoms with van der Waals surface area (Å²) in [5.74, 6) is 1.02. The van der Waals surface area contributed by atoms with Gasteiger partial charge < -0.3 is 25.8 Å². The highest BCUT2D eigenvalue weighted by atomic mass is 32.1. The summed E-state index contributed by atoms with van der Waals surface area (Å²) in [6, 6.07) is 5.10. The number of carbonyl (C=O) groups is 1. The van der Waals surface area contributed by atoms with Gasteiger partial charge in [-0.2, -0.15) is 0 Å². The van der Waals surface area contributed by atoms with Gasteiger partial charge >= 0.3 is 0 Å². The summed E-state index contributed by atoms with van der Waals surface area (Å²) in [6.07, 6.45) is 0. The number of rotatable bonds is 5. The Morgan fingerprint density at radius 2 is 1.86 bits per heavy atom. The zero-order valence-electron chi connectivity index (χ0n) is 11.9. The summed E-state index contributed by atoms with van der Waals surface area (Å²) in [6.45, 7) is 0. The summed E-state index contributed by atoms with van der Waals surface area (Å²) in [5, 5.41) is 6.18. The lowest BCUT2D eigenvalue weighted by Gasteiger charge is -2.09. The number of benzene rings is 1. The van der Waals surface area contributed by atoms with Gasteiger partial charge in [0.25, 0.3) is 5.91 Å². The third-order valence-electron chi connectivity index (χ3n) is 2.68. The van der Waals surface area contributed by atoms with E-state index in [1.807, 2.05) is 0 Å². The molecular weight excluding hydrogens is 292 g/mol. The number of methoxy groups -OCH3 is 2. The molecule has 112 valence electrons. The Hall–Kier alpha value is -2.48. The number of amides is 1. The van der Waals surface area contributed by atoms with E-state index >= 15 is 0 Å². The van der Waals surface area contributed by atoms with Crippen LogP contribution in [-0.4, -0.2) is 32.2 Å². The predicted octanol–water partition coefficient (Wildman–Crippen LogP) is 2.04. The number of nitrogens with two attached hydrogens (primary N) is 1. The molecule has 4 N–H and O–H groups in total. The molecule has 7 nitrogen and oxygen atoms in total. The number of aromatic nitrogens is 1. The molecule has 0 saturated heterocycles. The van der Waals surface area contributed by atoms with Crippen LogP contribution < -0.4 is 25.8 Å². The lowest BCUT2D eigenvalue weighted by atomic mass is 10.2. The molecule has 0 spiro atoms. The van der Waals surface area contributed by atoms with Crippen LogP contribution in [0.5, 0.6) is 11.5 Å². The first kappa shape index (κ1) is 14.9. The summed E-state index contributed by atoms with van der Waals surface area (Å²) in [4.78, 5) is 16.6. The monoisotopic (exact) mass is 308 g/mol. The fraction of sp³-hybridized carbons (Fsp3) is 0.231. The zero-order chi connectivity index (χ0) is 15.4. The number of nitrogen functional groups attached to an aromatic ring is 1. The largest absolute Gasteiger partial charge is 0.497 e. The van der Waals surface area contributed by atoms with Gasteiger partial charge in [0.15, 0.2) is 5.13 Å². The molecule has 0 saturated carbocycles. The molecular formula is C13H16N4O3S. The number of anilines is 3. The second-order valence-electron chi connectivity index (χ2n) is 4.04. The number of hydrogen-bond acceptors (Lipinski definition) is 7. The number of nitrogens with one attached hydrogen (secondary N) is 2. The Morgan fingerprint density at radius 1 is 1.24 bits per heavy atom. The molecule has 0 aliphatic heterocycles. The van der Waals surface area contributed by atoms with Crippen molar-refractivity contribution in [2.45, 2.75) is 0 Å². The lowest BCUT2D eigenvalue weighted by molar-refractivity contribution is 0.103. The fourth-order valence-electron chi connectivity index (χ4n) is 1.67. The van der Waals surface area contributed by atoms with E-state index in [1.165, 1.54) is 11.3 Å². The number of carbonyl (C=O) groups excluding carboxylic acids is 1. The van der Waals surface area contributed by atoms with E-state index in [1.54, 1.807) is 39.5 Å². The quantitative estimate of drug-likeness (QED) is 0.782. The minimum absolute atomic E-state index is 0.191. The molecule has 8 heteroatoms. The van der Waals surface area contributed by atoms with E-state index in [-0.39, 0.29) is 11.7 Å². The van der Waals surface area contributed by atoms with E-state index < -0.39 is 0 Å². The zero-order valence-corrected chi connectivity index (χ0v) is 12.7. The smallest absolute Gasteiger partial charge is 0.269 e. The highest BCUT2D eigenvalue weighted by Gasteiger charge is 2.16. The average Bonchev–Trinajstić information content (AvgIpc) is 2.88. The summed E-state index contributed by atoms with van der Waals surface area (Å²) in [5.41, 5.74) is 6.28. The van der Waals surface area contributed by atoms with Crippen molar-refractivity contribution in [1.29, 1.82) is 0 Å². The third kappa shape index (κ3) is 3.34. The summed E-state index contributed by atoms with van der Waals surface area (Å²) >= 11 is 1.18. The number of thiazole rings is 1. The third-order valence-corrected chi connectivity index (χ3v) is 3.77. The highest BCUT2D eigenvalue weighted by molar-refractivity contribution is 7.18. The van der Waals surface area contributed by atoms with Gasteiger partial charge in [-0.05, 0) is 0 Å². The van der Waals surface area contributed by atoms with Crippen molar-refractivity contribution in [3.8, 4) is 11.5 Å². The van der Waals surface area contributed by atoms with Gasteiger partial charge in [0.2, 0.25) is 0 Å². The van der Waals surface area contributed by atoms with Crippen LogP contribution in [0.25, 0.3) is 0 Å². The van der Waals surface area contributed by atoms with Crippen molar-refractivity contribution in [2.75, 3.05) is 37.6 Å². The Balaban J connectivity index is 2.24. The fourth-order valence-corrected chi connectivity index (χ4v) is 2.40. The van der Waals surface area contributed by atoms with Gasteiger partial charge in [0, 0.05) is 30.9 Å². The van der Waals surface area contributed by atoms with Crippen LogP contribution in [0.2, 0.25) is 0 Å². The van der Waals surface area contributed by atoms with Crippen LogP contribution in [-0.2, 0) is 0 Å². The number of hydrogen-bond donors (Lipinski definition) is 3. The maximum Gasteiger partial charge on any atom is 0.269 e. The summed E-state index contributed by atoms with van der Waals surface area (Å²) < 4.78 is 10.3. The topological polar surface area (TPSA) is 98.5 Å². The molecule has 1 aromatic carbocycles. The standard InChI is InChI=1S/C13H16N4O3S/c1-15-13-17-11(14)10(21-13)12(18)16-7-4-8(19-2)6-9(5-7)20-3/h4-6H,14H2,1-3H3,(H,15,17)(H,16,18). The van der Waals surface area contributed by atoms with E-state index in [0.717, 1.165) is 0 Å². The average molecular weight is 308 g/mol. The van der Waals surface area contributed by atoms with Crippen LogP contribution in [0.3, 0.4) is 0 Å². The first-order valence-corrected chi connectivity index (χ1v) is 6.87. The van der Waals surface area contributed by atoms with Crippen LogP contribution in [0, 0.1) is 0 Å². The molecule has 21 heavy (non-hydrogen) atoms. The maximum atomic E-state index is 12.2. The van der Waals surface area contributed by atoms with E-state index in [9.17, 15) is 4.79 Å². The van der Waals surface area contributed by atoms with Crippen molar-refractivity contribution in [2.24, 2.45) is 0 Å². The molecule has 1 aromatic heterocycles. The first-order chi connectivity index (χ1) is 10.1. The Bertz CT molecular complexity index is 635. The Morgan fingerprint density at radius 3 is 2.33 bits per heavy atom. The van der Waals surface area contributed by atoms with Crippen LogP contribution >= 0.6 is 11.3 Å². The molecule has 0 unspecified atom stereocenters. The highest BCUT2D eigenvalue weighted by Crippen LogP contribution is 2.28. The van der Waals surface area contributed by atoms with Gasteiger partial charge in [0.05, 0.1) is 14.2 Å². The van der Waals surface area contributed by atoms with Crippen LogP contribution in [0.1, 0.15) is 9.67 Å². The summed E-state index contributed by atoms with van der Waals surface area (Å²) in [7, 11) is 4.80. The van der Waals surface area contributed by atoms with Crippen LogP contribution in [0.15, 0.2) is 18.2 Å². The van der Waals surface area contributed by atoms with Gasteiger partial charge in [-0.1, -0.05) is 11.3 Å². The SMILES string of the molecule is CNc1nc(N)c(C(=O)Nc2cc(OC)cc(OC)c2)s1. The van der Waals surface area contributed by atoms with Gasteiger partial charge in [-0.25, -0.2) is 4.98 Å². The second kappa shape index (κ2) is 6.31. The molecule has 0 aliphatic carbocycles. The number of ether oxygens (including phenoxy) is 2. The molecule has 0 aliphatic rings.